The highest BCUT2D eigenvalue weighted by molar-refractivity contribution is 5.35. The lowest BCUT2D eigenvalue weighted by atomic mass is 9.82. The minimum absolute atomic E-state index is 0.165. The van der Waals surface area contributed by atoms with Crippen LogP contribution in [0.3, 0.4) is 0 Å². The van der Waals surface area contributed by atoms with Crippen LogP contribution in [0, 0.1) is 47.3 Å². The third kappa shape index (κ3) is 54.4. The molecule has 5 fully saturated rings. The van der Waals surface area contributed by atoms with Gasteiger partial charge in [0.05, 0.1) is 39.6 Å². The van der Waals surface area contributed by atoms with Gasteiger partial charge in [0.15, 0.2) is 44.0 Å². The van der Waals surface area contributed by atoms with Gasteiger partial charge in [0.1, 0.15) is 40.2 Å². The monoisotopic (exact) mass is 2010 g/mol. The first-order valence-corrected chi connectivity index (χ1v) is 58.6. The Bertz CT molecular complexity index is 4220. The maximum absolute atomic E-state index is 5.90. The maximum atomic E-state index is 5.90. The Balaban J connectivity index is 0.000000259. The molecular formula is C131H210O14. The lowest BCUT2D eigenvalue weighted by Crippen LogP contribution is -2.23. The van der Waals surface area contributed by atoms with E-state index >= 15 is 0 Å². The van der Waals surface area contributed by atoms with E-state index in [9.17, 15) is 0 Å². The number of rotatable bonds is 52. The highest BCUT2D eigenvalue weighted by atomic mass is 16.7. The maximum Gasteiger partial charge on any atom is 0.196 e. The predicted molar refractivity (Wildman–Crippen MR) is 609 cm³/mol. The minimum Gasteiger partial charge on any atom is -0.465 e. The van der Waals surface area contributed by atoms with Gasteiger partial charge in [0, 0.05) is 6.61 Å². The predicted octanol–water partition coefficient (Wildman–Crippen LogP) is 38.2. The van der Waals surface area contributed by atoms with Crippen molar-refractivity contribution in [2.45, 2.75) is 484 Å². The van der Waals surface area contributed by atoms with E-state index in [1.807, 2.05) is 79.7 Å². The Morgan fingerprint density at radius 2 is 0.407 bits per heavy atom. The molecule has 5 saturated carbocycles. The summed E-state index contributed by atoms with van der Waals surface area (Å²) in [5.74, 6) is 17.0. The van der Waals surface area contributed by atoms with Gasteiger partial charge < -0.3 is 66.3 Å². The molecule has 14 nitrogen and oxygen atoms in total. The Morgan fingerprint density at radius 3 is 0.648 bits per heavy atom. The Kier molecular flexibility index (Phi) is 65.2. The summed E-state index contributed by atoms with van der Waals surface area (Å²) in [6.45, 7) is 61.5. The normalized spacial score (nSPS) is 19.6. The second-order valence-electron chi connectivity index (χ2n) is 43.9. The van der Waals surface area contributed by atoms with Crippen LogP contribution in [0.5, 0.6) is 40.2 Å². The van der Waals surface area contributed by atoms with Gasteiger partial charge in [-0.15, -0.1) is 0 Å². The van der Waals surface area contributed by atoms with Crippen LogP contribution in [0.25, 0.3) is 0 Å². The van der Waals surface area contributed by atoms with Crippen molar-refractivity contribution in [1.82, 2.24) is 0 Å². The first-order chi connectivity index (χ1) is 69.9. The Hall–Kier alpha value is -7.14. The van der Waals surface area contributed by atoms with Gasteiger partial charge in [-0.3, -0.25) is 0 Å². The molecule has 0 heterocycles. The van der Waals surface area contributed by atoms with Crippen molar-refractivity contribution >= 4 is 0 Å². The molecule has 5 aliphatic carbocycles. The van der Waals surface area contributed by atoms with Crippen molar-refractivity contribution < 1.29 is 66.3 Å². The van der Waals surface area contributed by atoms with Gasteiger partial charge in [-0.2, -0.15) is 0 Å². The molecule has 7 aromatic rings. The number of ether oxygens (including phenoxy) is 14. The van der Waals surface area contributed by atoms with Gasteiger partial charge >= 0.3 is 0 Å². The number of hydrogen-bond acceptors (Lipinski definition) is 14. The smallest absolute Gasteiger partial charge is 0.196 e. The second-order valence-corrected chi connectivity index (χ2v) is 43.9. The second kappa shape index (κ2) is 74.7. The number of benzene rings is 7. The summed E-state index contributed by atoms with van der Waals surface area (Å²) < 4.78 is 80.8. The van der Waals surface area contributed by atoms with Crippen LogP contribution in [-0.4, -0.2) is 90.3 Å². The first kappa shape index (κ1) is 127. The average molecular weight is 2010 g/mol. The molecule has 0 saturated heterocycles. The van der Waals surface area contributed by atoms with Gasteiger partial charge in [0.2, 0.25) is 0 Å². The summed E-state index contributed by atoms with van der Waals surface area (Å²) >= 11 is 0. The third-order valence-electron chi connectivity index (χ3n) is 31.1. The molecule has 0 spiro atoms. The van der Waals surface area contributed by atoms with Crippen molar-refractivity contribution in [2.24, 2.45) is 47.3 Å². The molecule has 0 aliphatic heterocycles. The SMILES string of the molecule is CCC(C)c1ccc(OC(C)OCC(C)C)cc1.CCC(C)c1ccc(OC(C)OCC2CCC(C)CC2)cc1.CCC(C)c1ccc(OC(C)OCC2CCCCC2)cc1.CCC(C)c1ccc(OC(C)OCCC2CCC(C)CC2)cc1.CCC(C)c1ccc(OC(C)OCCC2CCCCC2)cc1.CCC(C)c1ccc(OC(C)OCCCC2CCCCC2)cc1.CCOC(C)Oc1ccc(C(C)CC)cc1. The molecule has 5 aliphatic rings. The molecule has 14 unspecified atom stereocenters. The van der Waals surface area contributed by atoms with Crippen LogP contribution in [0.2, 0.25) is 0 Å². The molecule has 12 rings (SSSR count). The van der Waals surface area contributed by atoms with E-state index in [2.05, 4.69) is 270 Å². The van der Waals surface area contributed by atoms with E-state index < -0.39 is 0 Å². The Morgan fingerprint density at radius 1 is 0.207 bits per heavy atom. The van der Waals surface area contributed by atoms with Crippen molar-refractivity contribution in [1.29, 1.82) is 0 Å². The summed E-state index contributed by atoms with van der Waals surface area (Å²) in [5, 5.41) is 0. The molecule has 0 N–H and O–H groups in total. The lowest BCUT2D eigenvalue weighted by molar-refractivity contribution is -0.0831. The van der Waals surface area contributed by atoms with Gasteiger partial charge in [-0.1, -0.05) is 332 Å². The molecule has 0 amide bonds. The molecular weight excluding hydrogens is 1800 g/mol. The zero-order chi connectivity index (χ0) is 105. The fourth-order valence-corrected chi connectivity index (χ4v) is 19.3. The quantitative estimate of drug-likeness (QED) is 0.0265. The van der Waals surface area contributed by atoms with E-state index in [-0.39, 0.29) is 44.0 Å². The largest absolute Gasteiger partial charge is 0.465 e. The van der Waals surface area contributed by atoms with E-state index in [1.165, 1.54) is 238 Å². The molecule has 14 heteroatoms. The molecule has 0 aromatic heterocycles. The molecule has 0 bridgehead atoms. The fraction of sp³-hybridized carbons (Fsp3) is 0.679. The van der Waals surface area contributed by atoms with Crippen LogP contribution in [0.1, 0.15) is 479 Å². The lowest BCUT2D eigenvalue weighted by Gasteiger charge is -2.27. The summed E-state index contributed by atoms with van der Waals surface area (Å²) in [5.41, 5.74) is 9.60. The molecule has 818 valence electrons. The zero-order valence-corrected chi connectivity index (χ0v) is 96.6. The summed E-state index contributed by atoms with van der Waals surface area (Å²) in [7, 11) is 0. The first-order valence-electron chi connectivity index (χ1n) is 58.6. The van der Waals surface area contributed by atoms with Crippen molar-refractivity contribution in [3.8, 4) is 40.2 Å². The van der Waals surface area contributed by atoms with Crippen LogP contribution in [0.4, 0.5) is 0 Å². The highest BCUT2D eigenvalue weighted by Crippen LogP contribution is 2.37. The van der Waals surface area contributed by atoms with Crippen LogP contribution < -0.4 is 33.2 Å². The van der Waals surface area contributed by atoms with E-state index in [4.69, 9.17) is 66.3 Å². The van der Waals surface area contributed by atoms with Crippen LogP contribution in [-0.2, 0) is 33.2 Å². The summed E-state index contributed by atoms with van der Waals surface area (Å²) in [6.07, 6.45) is 43.5. The van der Waals surface area contributed by atoms with E-state index in [0.717, 1.165) is 141 Å². The summed E-state index contributed by atoms with van der Waals surface area (Å²) in [4.78, 5) is 0. The van der Waals surface area contributed by atoms with Crippen molar-refractivity contribution in [2.75, 3.05) is 46.2 Å². The van der Waals surface area contributed by atoms with Gasteiger partial charge in [-0.25, -0.2) is 0 Å². The van der Waals surface area contributed by atoms with Crippen LogP contribution in [0.15, 0.2) is 170 Å². The number of hydrogen-bond donors (Lipinski definition) is 0. The van der Waals surface area contributed by atoms with Crippen molar-refractivity contribution in [3.05, 3.63) is 209 Å². The van der Waals surface area contributed by atoms with E-state index in [0.29, 0.717) is 54.0 Å². The third-order valence-corrected chi connectivity index (χ3v) is 31.1. The van der Waals surface area contributed by atoms with Crippen LogP contribution >= 0.6 is 0 Å². The standard InChI is InChI=1S/2C21H34O2.2C20H32O2.C19H30O2.C16H26O2.C14H22O2/c1-5-17(3)20-10-12-21(13-11-20)23-18(4)22-15-14-19-8-6-16(2)7-9-19;1-4-17(2)20-12-14-21(15-13-20)23-18(3)22-16-8-11-19-9-6-5-7-10-19;1-5-16(3)19-10-12-20(13-11-19)22-17(4)21-14-18-8-6-15(2)7-9-18;1-4-16(2)19-10-12-20(13-11-19)22-17(3)21-15-14-18-8-6-5-7-9-18;1-4-15(2)18-10-12-19(13-11-18)21-16(3)20-14-17-8-6-5-7-9-17;1-6-13(4)15-7-9-16(10-8-15)18-14(5)17-11-12(2)3;1-5-11(3)13-7-9-14(10-8-13)16-12(4)15-6-2/h10-13,16-19H,5-9,14-15H2,1-4H3;12-15,17-19H,4-11,16H2,1-3H3;10-13,15-18H,5-9,14H2,1-4H3;10-13,16-18H,4-9,14-15H2,1-3H3;10-13,15-17H,4-9,14H2,1-3H3;7-10,12-14H,6,11H2,1-5H3;7-12H,5-6H2,1-4H3. The molecule has 7 aromatic carbocycles. The highest BCUT2D eigenvalue weighted by Gasteiger charge is 2.24. The average Bonchev–Trinajstić information content (AvgIpc) is 0.902. The fourth-order valence-electron chi connectivity index (χ4n) is 19.3. The minimum atomic E-state index is -0.193. The topological polar surface area (TPSA) is 129 Å². The molecule has 0 radical (unpaired) electrons. The van der Waals surface area contributed by atoms with Gasteiger partial charge in [0.25, 0.3) is 0 Å². The molecule has 145 heavy (non-hydrogen) atoms. The Labute approximate surface area is 887 Å². The van der Waals surface area contributed by atoms with E-state index in [1.54, 1.807) is 0 Å². The zero-order valence-electron chi connectivity index (χ0n) is 96.6. The molecule has 14 atom stereocenters. The van der Waals surface area contributed by atoms with Gasteiger partial charge in [-0.05, 0) is 364 Å². The van der Waals surface area contributed by atoms with Crippen molar-refractivity contribution in [3.63, 3.8) is 0 Å². The summed E-state index contributed by atoms with van der Waals surface area (Å²) in [6, 6.07) is 58.8.